The first-order valence-corrected chi connectivity index (χ1v) is 10.1. The van der Waals surface area contributed by atoms with E-state index in [9.17, 15) is 18.0 Å². The molecule has 1 heterocycles. The van der Waals surface area contributed by atoms with Gasteiger partial charge in [-0.3, -0.25) is 9.59 Å². The Morgan fingerprint density at radius 2 is 1.88 bits per heavy atom. The number of likely N-dealkylation sites (N-methyl/N-ethyl adjacent to an activating group) is 1. The Morgan fingerprint density at radius 3 is 2.46 bits per heavy atom. The summed E-state index contributed by atoms with van der Waals surface area (Å²) in [6.45, 7) is -0.361. The topological polar surface area (TPSA) is 86.8 Å². The summed E-state index contributed by atoms with van der Waals surface area (Å²) in [5.74, 6) is -0.832. The molecule has 7 nitrogen and oxygen atoms in total. The Morgan fingerprint density at radius 1 is 1.19 bits per heavy atom. The van der Waals surface area contributed by atoms with Crippen LogP contribution < -0.4 is 5.32 Å². The van der Waals surface area contributed by atoms with E-state index in [1.54, 1.807) is 31.6 Å². The first kappa shape index (κ1) is 20.4. The molecule has 0 aliphatic rings. The third-order valence-corrected chi connectivity index (χ3v) is 6.92. The van der Waals surface area contributed by atoms with Gasteiger partial charge in [-0.1, -0.05) is 17.7 Å². The highest BCUT2D eigenvalue weighted by molar-refractivity contribution is 7.91. The smallest absolute Gasteiger partial charge is 0.254 e. The molecular formula is C16H18ClN3O4S2. The Bertz CT molecular complexity index is 912. The zero-order chi connectivity index (χ0) is 19.5. The van der Waals surface area contributed by atoms with Gasteiger partial charge in [-0.25, -0.2) is 8.42 Å². The first-order valence-electron chi connectivity index (χ1n) is 7.44. The molecule has 0 radical (unpaired) electrons. The maximum absolute atomic E-state index is 12.3. The molecule has 0 atom stereocenters. The monoisotopic (exact) mass is 415 g/mol. The number of nitrogens with zero attached hydrogens (tertiary/aromatic N) is 2. The van der Waals surface area contributed by atoms with Crippen molar-refractivity contribution in [1.82, 2.24) is 9.21 Å². The molecule has 0 fully saturated rings. The number of anilines is 1. The third kappa shape index (κ3) is 4.61. The molecule has 2 aromatic rings. The van der Waals surface area contributed by atoms with E-state index in [1.165, 1.54) is 30.1 Å². The molecule has 0 aliphatic carbocycles. The predicted molar refractivity (Wildman–Crippen MR) is 102 cm³/mol. The van der Waals surface area contributed by atoms with Gasteiger partial charge in [0, 0.05) is 26.8 Å². The normalized spacial score (nSPS) is 11.4. The van der Waals surface area contributed by atoms with E-state index in [0.29, 0.717) is 5.69 Å². The van der Waals surface area contributed by atoms with Crippen LogP contribution in [0.15, 0.2) is 39.9 Å². The van der Waals surface area contributed by atoms with E-state index < -0.39 is 15.9 Å². The van der Waals surface area contributed by atoms with Crippen molar-refractivity contribution in [3.05, 3.63) is 46.3 Å². The van der Waals surface area contributed by atoms with Gasteiger partial charge in [0.15, 0.2) is 0 Å². The number of hydrogen-bond donors (Lipinski definition) is 1. The summed E-state index contributed by atoms with van der Waals surface area (Å²) < 4.78 is 25.8. The van der Waals surface area contributed by atoms with Crippen molar-refractivity contribution in [2.24, 2.45) is 0 Å². The Balaban J connectivity index is 2.11. The molecule has 0 spiro atoms. The summed E-state index contributed by atoms with van der Waals surface area (Å²) in [6.07, 6.45) is 0. The van der Waals surface area contributed by atoms with Crippen molar-refractivity contribution in [1.29, 1.82) is 0 Å². The minimum atomic E-state index is -3.71. The number of rotatable bonds is 6. The molecule has 0 saturated heterocycles. The highest BCUT2D eigenvalue weighted by atomic mass is 35.5. The van der Waals surface area contributed by atoms with Gasteiger partial charge in [-0.05, 0) is 29.6 Å². The zero-order valence-corrected chi connectivity index (χ0v) is 16.8. The number of benzene rings is 1. The first-order chi connectivity index (χ1) is 12.1. The number of nitrogens with one attached hydrogen (secondary N) is 1. The van der Waals surface area contributed by atoms with Gasteiger partial charge < -0.3 is 10.2 Å². The molecule has 1 aromatic carbocycles. The molecule has 0 unspecified atom stereocenters. The van der Waals surface area contributed by atoms with E-state index in [-0.39, 0.29) is 27.2 Å². The maximum atomic E-state index is 12.3. The Hall–Kier alpha value is -1.94. The number of carbonyl (C=O) groups is 2. The lowest BCUT2D eigenvalue weighted by Gasteiger charge is -2.16. The molecule has 2 rings (SSSR count). The van der Waals surface area contributed by atoms with Gasteiger partial charge >= 0.3 is 0 Å². The second-order valence-corrected chi connectivity index (χ2v) is 9.26. The molecule has 1 aromatic heterocycles. The highest BCUT2D eigenvalue weighted by Crippen LogP contribution is 2.22. The molecule has 1 N–H and O–H groups in total. The maximum Gasteiger partial charge on any atom is 0.254 e. The lowest BCUT2D eigenvalue weighted by Crippen LogP contribution is -2.34. The fourth-order valence-corrected chi connectivity index (χ4v) is 4.59. The van der Waals surface area contributed by atoms with Crippen LogP contribution in [0.1, 0.15) is 10.4 Å². The third-order valence-electron chi connectivity index (χ3n) is 3.41. The zero-order valence-electron chi connectivity index (χ0n) is 14.4. The molecule has 0 bridgehead atoms. The molecule has 0 saturated carbocycles. The van der Waals surface area contributed by atoms with Crippen LogP contribution in [-0.4, -0.2) is 57.1 Å². The average Bonchev–Trinajstić information content (AvgIpc) is 3.11. The summed E-state index contributed by atoms with van der Waals surface area (Å²) >= 11 is 7.11. The van der Waals surface area contributed by atoms with Crippen molar-refractivity contribution in [3.8, 4) is 0 Å². The van der Waals surface area contributed by atoms with Crippen LogP contribution in [0.2, 0.25) is 5.02 Å². The van der Waals surface area contributed by atoms with Crippen molar-refractivity contribution in [2.45, 2.75) is 4.21 Å². The number of halogens is 1. The number of carbonyl (C=O) groups excluding carboxylic acids is 2. The summed E-state index contributed by atoms with van der Waals surface area (Å²) in [7, 11) is 0.801. The summed E-state index contributed by atoms with van der Waals surface area (Å²) in [4.78, 5) is 25.7. The van der Waals surface area contributed by atoms with Crippen LogP contribution in [-0.2, 0) is 14.8 Å². The quantitative estimate of drug-likeness (QED) is 0.784. The van der Waals surface area contributed by atoms with Gasteiger partial charge in [0.1, 0.15) is 4.21 Å². The minimum absolute atomic E-state index is 0.165. The van der Waals surface area contributed by atoms with Gasteiger partial charge in [0.25, 0.3) is 15.9 Å². The SMILES string of the molecule is CN(C)C(=O)c1cc(NC(=O)CN(C)S(=O)(=O)c2cccs2)ccc1Cl. The largest absolute Gasteiger partial charge is 0.345 e. The van der Waals surface area contributed by atoms with E-state index in [2.05, 4.69) is 5.32 Å². The Labute approximate surface area is 161 Å². The standard InChI is InChI=1S/C16H18ClN3O4S2/c1-19(2)16(22)12-9-11(6-7-13(12)17)18-14(21)10-20(3)26(23,24)15-5-4-8-25-15/h4-9H,10H2,1-3H3,(H,18,21). The predicted octanol–water partition coefficient (Wildman–Crippen LogP) is 2.36. The van der Waals surface area contributed by atoms with Crippen molar-refractivity contribution in [2.75, 3.05) is 33.0 Å². The average molecular weight is 416 g/mol. The molecule has 10 heteroatoms. The number of hydrogen-bond acceptors (Lipinski definition) is 5. The second-order valence-electron chi connectivity index (χ2n) is 5.64. The van der Waals surface area contributed by atoms with Crippen molar-refractivity contribution >= 4 is 50.5 Å². The van der Waals surface area contributed by atoms with Crippen LogP contribution in [0.3, 0.4) is 0 Å². The van der Waals surface area contributed by atoms with Gasteiger partial charge in [0.2, 0.25) is 5.91 Å². The fraction of sp³-hybridized carbons (Fsp3) is 0.250. The van der Waals surface area contributed by atoms with E-state index in [1.807, 2.05) is 0 Å². The second kappa shape index (κ2) is 8.17. The van der Waals surface area contributed by atoms with Crippen LogP contribution in [0, 0.1) is 0 Å². The van der Waals surface area contributed by atoms with Crippen LogP contribution in [0.25, 0.3) is 0 Å². The van der Waals surface area contributed by atoms with E-state index in [0.717, 1.165) is 15.6 Å². The van der Waals surface area contributed by atoms with Crippen molar-refractivity contribution < 1.29 is 18.0 Å². The Kier molecular flexibility index (Phi) is 6.40. The van der Waals surface area contributed by atoms with Crippen LogP contribution >= 0.6 is 22.9 Å². The van der Waals surface area contributed by atoms with Gasteiger partial charge in [-0.15, -0.1) is 11.3 Å². The lowest BCUT2D eigenvalue weighted by atomic mass is 10.1. The van der Waals surface area contributed by atoms with E-state index >= 15 is 0 Å². The molecule has 0 aliphatic heterocycles. The van der Waals surface area contributed by atoms with Gasteiger partial charge in [-0.2, -0.15) is 4.31 Å². The molecule has 26 heavy (non-hydrogen) atoms. The van der Waals surface area contributed by atoms with Crippen molar-refractivity contribution in [3.63, 3.8) is 0 Å². The fourth-order valence-electron chi connectivity index (χ4n) is 2.06. The molecular weight excluding hydrogens is 398 g/mol. The highest BCUT2D eigenvalue weighted by Gasteiger charge is 2.24. The van der Waals surface area contributed by atoms with Crippen LogP contribution in [0.5, 0.6) is 0 Å². The van der Waals surface area contributed by atoms with E-state index in [4.69, 9.17) is 11.6 Å². The summed E-state index contributed by atoms with van der Waals surface area (Å²) in [5, 5.41) is 4.49. The lowest BCUT2D eigenvalue weighted by molar-refractivity contribution is -0.116. The number of sulfonamides is 1. The molecule has 140 valence electrons. The summed E-state index contributed by atoms with van der Waals surface area (Å²) in [5.41, 5.74) is 0.598. The number of thiophene rings is 1. The number of amides is 2. The minimum Gasteiger partial charge on any atom is -0.345 e. The van der Waals surface area contributed by atoms with Crippen LogP contribution in [0.4, 0.5) is 5.69 Å². The van der Waals surface area contributed by atoms with Gasteiger partial charge in [0.05, 0.1) is 17.1 Å². The summed E-state index contributed by atoms with van der Waals surface area (Å²) in [6, 6.07) is 7.60. The molecule has 2 amide bonds.